The molecule has 5 atom stereocenters. The first-order valence-electron chi connectivity index (χ1n) is 16.7. The molecule has 0 radical (unpaired) electrons. The lowest BCUT2D eigenvalue weighted by molar-refractivity contribution is -0.255. The van der Waals surface area contributed by atoms with Crippen molar-refractivity contribution in [2.24, 2.45) is 5.92 Å². The van der Waals surface area contributed by atoms with Gasteiger partial charge >= 0.3 is 5.97 Å². The van der Waals surface area contributed by atoms with E-state index in [1.807, 2.05) is 42.6 Å². The SMILES string of the molecule is CO.COc1cc(N2CCN(C3CCN(c4ccc(OC5OC(C(=O)O)C(O)C(C)C5O)c5cccnc45)CC3)CC2)c2ncccc2c1. The Labute approximate surface area is 285 Å². The summed E-state index contributed by atoms with van der Waals surface area (Å²) in [6, 6.07) is 16.2. The zero-order chi connectivity index (χ0) is 34.7. The van der Waals surface area contributed by atoms with Gasteiger partial charge in [0.2, 0.25) is 6.29 Å². The Kier molecular flexibility index (Phi) is 10.7. The summed E-state index contributed by atoms with van der Waals surface area (Å²) >= 11 is 0. The molecule has 2 aromatic heterocycles. The van der Waals surface area contributed by atoms with Gasteiger partial charge in [0.05, 0.1) is 35.6 Å². The van der Waals surface area contributed by atoms with E-state index in [-0.39, 0.29) is 0 Å². The summed E-state index contributed by atoms with van der Waals surface area (Å²) in [6.45, 7) is 7.19. The molecule has 3 aliphatic heterocycles. The van der Waals surface area contributed by atoms with Gasteiger partial charge in [-0.1, -0.05) is 13.0 Å². The van der Waals surface area contributed by atoms with Crippen LogP contribution in [0.25, 0.3) is 21.8 Å². The van der Waals surface area contributed by atoms with Gasteiger partial charge in [0.25, 0.3) is 0 Å². The number of rotatable bonds is 7. The number of aromatic nitrogens is 2. The van der Waals surface area contributed by atoms with Crippen LogP contribution in [-0.2, 0) is 9.53 Å². The van der Waals surface area contributed by atoms with E-state index in [1.54, 1.807) is 20.2 Å². The minimum absolute atomic E-state index is 0.431. The molecule has 0 spiro atoms. The molecule has 262 valence electrons. The third kappa shape index (κ3) is 6.94. The number of nitrogens with zero attached hydrogens (tertiary/aromatic N) is 5. The number of methoxy groups -OCH3 is 1. The standard InChI is InChI=1S/C35H41N5O7.CH4O/c1-21-31(41)33(34(43)44)47-35(32(21)42)46-28-8-7-26(30-25(28)6-4-12-37-30)39-13-9-23(10-14-39)38-15-17-40(18-16-38)27-20-24(45-2)19-22-5-3-11-36-29(22)27;1-2/h3-8,11-12,19-21,23,31-33,35,41-42H,9-10,13-18H2,1-2H3,(H,43,44);2H,1H3. The molecule has 13 heteroatoms. The first kappa shape index (κ1) is 34.6. The molecule has 3 aliphatic rings. The van der Waals surface area contributed by atoms with Crippen LogP contribution in [0.4, 0.5) is 11.4 Å². The Balaban J connectivity index is 0.00000205. The largest absolute Gasteiger partial charge is 0.497 e. The maximum atomic E-state index is 11.7. The van der Waals surface area contributed by atoms with Crippen molar-refractivity contribution >= 4 is 39.1 Å². The molecule has 0 saturated carbocycles. The normalized spacial score (nSPS) is 25.1. The Morgan fingerprint density at radius 2 is 1.53 bits per heavy atom. The minimum Gasteiger partial charge on any atom is -0.497 e. The zero-order valence-corrected chi connectivity index (χ0v) is 28.1. The van der Waals surface area contributed by atoms with Crippen molar-refractivity contribution in [3.05, 3.63) is 60.9 Å². The van der Waals surface area contributed by atoms with Crippen molar-refractivity contribution in [3.63, 3.8) is 0 Å². The van der Waals surface area contributed by atoms with Crippen LogP contribution >= 0.6 is 0 Å². The highest BCUT2D eigenvalue weighted by Crippen LogP contribution is 2.37. The van der Waals surface area contributed by atoms with Gasteiger partial charge < -0.3 is 44.4 Å². The Hall–Kier alpha value is -4.27. The van der Waals surface area contributed by atoms with Gasteiger partial charge in [0.15, 0.2) is 6.10 Å². The van der Waals surface area contributed by atoms with Gasteiger partial charge in [-0.05, 0) is 49.2 Å². The van der Waals surface area contributed by atoms with E-state index in [0.29, 0.717) is 11.8 Å². The predicted octanol–water partition coefficient (Wildman–Crippen LogP) is 2.74. The summed E-state index contributed by atoms with van der Waals surface area (Å²) in [6.07, 6.45) is 0.363. The number of pyridine rings is 2. The molecule has 3 saturated heterocycles. The number of aliphatic hydroxyl groups is 3. The zero-order valence-electron chi connectivity index (χ0n) is 28.1. The second kappa shape index (κ2) is 15.1. The molecule has 4 aromatic rings. The van der Waals surface area contributed by atoms with Crippen molar-refractivity contribution in [1.82, 2.24) is 14.9 Å². The second-order valence-electron chi connectivity index (χ2n) is 12.7. The molecule has 5 unspecified atom stereocenters. The van der Waals surface area contributed by atoms with E-state index in [0.717, 1.165) is 98.2 Å². The maximum absolute atomic E-state index is 11.7. The number of carboxylic acid groups (broad SMARTS) is 1. The highest BCUT2D eigenvalue weighted by molar-refractivity contribution is 5.95. The molecule has 0 aliphatic carbocycles. The first-order chi connectivity index (χ1) is 23.8. The fourth-order valence-corrected chi connectivity index (χ4v) is 7.25. The van der Waals surface area contributed by atoms with E-state index < -0.39 is 36.5 Å². The summed E-state index contributed by atoms with van der Waals surface area (Å²) in [5.74, 6) is -0.778. The molecule has 4 N–H and O–H groups in total. The lowest BCUT2D eigenvalue weighted by Gasteiger charge is -2.44. The number of anilines is 2. The average molecular weight is 676 g/mol. The van der Waals surface area contributed by atoms with Crippen LogP contribution < -0.4 is 19.3 Å². The fraction of sp³-hybridized carbons (Fsp3) is 0.472. The topological polar surface area (TPSA) is 161 Å². The Morgan fingerprint density at radius 1 is 0.857 bits per heavy atom. The molecule has 0 amide bonds. The summed E-state index contributed by atoms with van der Waals surface area (Å²) in [5.41, 5.74) is 3.91. The summed E-state index contributed by atoms with van der Waals surface area (Å²) in [5, 5.41) is 39.3. The number of hydrogen-bond acceptors (Lipinski definition) is 12. The highest BCUT2D eigenvalue weighted by Gasteiger charge is 2.46. The van der Waals surface area contributed by atoms with Gasteiger partial charge in [-0.25, -0.2) is 4.79 Å². The van der Waals surface area contributed by atoms with Gasteiger partial charge in [0.1, 0.15) is 17.6 Å². The van der Waals surface area contributed by atoms with Crippen LogP contribution in [0.15, 0.2) is 60.9 Å². The van der Waals surface area contributed by atoms with Crippen molar-refractivity contribution in [3.8, 4) is 11.5 Å². The summed E-state index contributed by atoms with van der Waals surface area (Å²) in [7, 11) is 2.70. The van der Waals surface area contributed by atoms with Gasteiger partial charge in [0, 0.05) is 87.6 Å². The molecule has 0 bridgehead atoms. The average Bonchev–Trinajstić information content (AvgIpc) is 3.15. The predicted molar refractivity (Wildman–Crippen MR) is 185 cm³/mol. The number of hydrogen-bond donors (Lipinski definition) is 4. The van der Waals surface area contributed by atoms with Crippen LogP contribution in [0.1, 0.15) is 19.8 Å². The van der Waals surface area contributed by atoms with E-state index >= 15 is 0 Å². The molecular formula is C36H45N5O8. The number of piperazine rings is 1. The number of fused-ring (bicyclic) bond motifs is 2. The van der Waals surface area contributed by atoms with Gasteiger partial charge in [-0.2, -0.15) is 0 Å². The van der Waals surface area contributed by atoms with E-state index in [2.05, 4.69) is 31.8 Å². The molecule has 7 rings (SSSR count). The number of benzene rings is 2. The number of ether oxygens (including phenoxy) is 3. The number of aliphatic hydroxyl groups excluding tert-OH is 3. The monoisotopic (exact) mass is 675 g/mol. The van der Waals surface area contributed by atoms with Crippen LogP contribution in [0.2, 0.25) is 0 Å². The molecule has 3 fully saturated rings. The third-order valence-electron chi connectivity index (χ3n) is 10.0. The van der Waals surface area contributed by atoms with Gasteiger partial charge in [-0.3, -0.25) is 14.9 Å². The van der Waals surface area contributed by atoms with E-state index in [1.165, 1.54) is 0 Å². The second-order valence-corrected chi connectivity index (χ2v) is 12.7. The molecule has 2 aromatic carbocycles. The van der Waals surface area contributed by atoms with Crippen molar-refractivity contribution < 1.29 is 39.4 Å². The Bertz CT molecular complexity index is 1740. The number of carboxylic acids is 1. The van der Waals surface area contributed by atoms with Crippen LogP contribution in [-0.4, -0.2) is 125 Å². The number of carbonyl (C=O) groups is 1. The highest BCUT2D eigenvalue weighted by atomic mass is 16.7. The summed E-state index contributed by atoms with van der Waals surface area (Å²) in [4.78, 5) is 28.4. The van der Waals surface area contributed by atoms with Crippen molar-refractivity contribution in [2.45, 2.75) is 50.4 Å². The summed E-state index contributed by atoms with van der Waals surface area (Å²) < 4.78 is 17.2. The van der Waals surface area contributed by atoms with Gasteiger partial charge in [-0.15, -0.1) is 0 Å². The minimum atomic E-state index is -1.50. The quantitative estimate of drug-likeness (QED) is 0.227. The van der Waals surface area contributed by atoms with Crippen LogP contribution in [0, 0.1) is 5.92 Å². The number of piperidine rings is 1. The van der Waals surface area contributed by atoms with E-state index in [4.69, 9.17) is 24.3 Å². The first-order valence-corrected chi connectivity index (χ1v) is 16.7. The molecule has 13 nitrogen and oxygen atoms in total. The molecule has 49 heavy (non-hydrogen) atoms. The van der Waals surface area contributed by atoms with Crippen LogP contribution in [0.3, 0.4) is 0 Å². The maximum Gasteiger partial charge on any atom is 0.335 e. The van der Waals surface area contributed by atoms with Crippen molar-refractivity contribution in [1.29, 1.82) is 0 Å². The molecule has 5 heterocycles. The number of aliphatic carboxylic acids is 1. The molecular weight excluding hydrogens is 630 g/mol. The van der Waals surface area contributed by atoms with Crippen molar-refractivity contribution in [2.75, 3.05) is 63.3 Å². The third-order valence-corrected chi connectivity index (χ3v) is 10.0. The lowest BCUT2D eigenvalue weighted by Crippen LogP contribution is -2.57. The van der Waals surface area contributed by atoms with Crippen LogP contribution in [0.5, 0.6) is 11.5 Å². The fourth-order valence-electron chi connectivity index (χ4n) is 7.25. The Morgan fingerprint density at radius 3 is 2.22 bits per heavy atom. The smallest absolute Gasteiger partial charge is 0.335 e. The lowest BCUT2D eigenvalue weighted by atomic mass is 9.90. The van der Waals surface area contributed by atoms with E-state index in [9.17, 15) is 20.1 Å².